The smallest absolute Gasteiger partial charge is 0.250 e. The summed E-state index contributed by atoms with van der Waals surface area (Å²) in [4.78, 5) is 22.3. The Hall–Kier alpha value is -1.14. The van der Waals surface area contributed by atoms with Crippen LogP contribution in [0.4, 0.5) is 0 Å². The van der Waals surface area contributed by atoms with Crippen LogP contribution in [-0.4, -0.2) is 51.2 Å². The molecule has 1 saturated heterocycles. The van der Waals surface area contributed by atoms with E-state index >= 15 is 0 Å². The molecular weight excluding hydrogens is 198 g/mol. The molecule has 0 aromatic rings. The van der Waals surface area contributed by atoms with E-state index < -0.39 is 6.10 Å². The molecule has 0 bridgehead atoms. The van der Waals surface area contributed by atoms with E-state index in [1.807, 2.05) is 0 Å². The van der Waals surface area contributed by atoms with Crippen LogP contribution < -0.4 is 16.0 Å². The van der Waals surface area contributed by atoms with Crippen LogP contribution in [0, 0.1) is 0 Å². The number of morpholine rings is 1. The molecule has 1 unspecified atom stereocenters. The Labute approximate surface area is 88.7 Å². The van der Waals surface area contributed by atoms with E-state index in [-0.39, 0.29) is 11.8 Å². The van der Waals surface area contributed by atoms with E-state index in [9.17, 15) is 9.59 Å². The molecule has 15 heavy (non-hydrogen) atoms. The fourth-order valence-electron chi connectivity index (χ4n) is 1.27. The molecule has 0 aromatic carbocycles. The minimum absolute atomic E-state index is 0.0852. The van der Waals surface area contributed by atoms with Gasteiger partial charge in [-0.1, -0.05) is 0 Å². The highest BCUT2D eigenvalue weighted by molar-refractivity contribution is 5.82. The molecule has 1 aliphatic rings. The molecule has 0 aliphatic carbocycles. The molecule has 1 aliphatic heterocycles. The second-order valence-electron chi connectivity index (χ2n) is 3.28. The number of carbonyl (C=O) groups is 2. The van der Waals surface area contributed by atoms with Crippen molar-refractivity contribution in [3.05, 3.63) is 0 Å². The Bertz CT molecular complexity index is 227. The van der Waals surface area contributed by atoms with Crippen molar-refractivity contribution in [1.82, 2.24) is 16.0 Å². The first-order valence-electron chi connectivity index (χ1n) is 5.04. The largest absolute Gasteiger partial charge is 0.366 e. The van der Waals surface area contributed by atoms with Gasteiger partial charge in [0.15, 0.2) is 0 Å². The van der Waals surface area contributed by atoms with Crippen LogP contribution in [0.1, 0.15) is 6.42 Å². The summed E-state index contributed by atoms with van der Waals surface area (Å²) in [7, 11) is 1.57. The lowest BCUT2D eigenvalue weighted by molar-refractivity contribution is -0.134. The first kappa shape index (κ1) is 11.9. The van der Waals surface area contributed by atoms with Crippen LogP contribution in [0.5, 0.6) is 0 Å². The van der Waals surface area contributed by atoms with Gasteiger partial charge in [0.1, 0.15) is 6.10 Å². The van der Waals surface area contributed by atoms with Gasteiger partial charge in [-0.05, 0) is 0 Å². The number of nitrogens with one attached hydrogen (secondary N) is 3. The Kier molecular flexibility index (Phi) is 5.06. The standard InChI is InChI=1S/C9H17N3O3/c1-10-8(13)2-3-12-9(14)7-6-11-4-5-15-7/h7,11H,2-6H2,1H3,(H,10,13)(H,12,14). The van der Waals surface area contributed by atoms with Gasteiger partial charge in [-0.15, -0.1) is 0 Å². The van der Waals surface area contributed by atoms with Crippen LogP contribution in [0.2, 0.25) is 0 Å². The van der Waals surface area contributed by atoms with E-state index in [4.69, 9.17) is 4.74 Å². The Balaban J connectivity index is 2.14. The number of amides is 2. The molecule has 1 fully saturated rings. The zero-order valence-electron chi connectivity index (χ0n) is 8.84. The summed E-state index contributed by atoms with van der Waals surface area (Å²) >= 11 is 0. The van der Waals surface area contributed by atoms with Crippen LogP contribution >= 0.6 is 0 Å². The summed E-state index contributed by atoms with van der Waals surface area (Å²) in [6.45, 7) is 2.21. The van der Waals surface area contributed by atoms with Crippen molar-refractivity contribution in [1.29, 1.82) is 0 Å². The maximum absolute atomic E-state index is 11.5. The predicted octanol–water partition coefficient (Wildman–Crippen LogP) is -1.77. The van der Waals surface area contributed by atoms with Crippen LogP contribution in [-0.2, 0) is 14.3 Å². The number of hydrogen-bond acceptors (Lipinski definition) is 4. The summed E-state index contributed by atoms with van der Waals surface area (Å²) in [5, 5.41) is 8.20. The van der Waals surface area contributed by atoms with Gasteiger partial charge in [-0.3, -0.25) is 9.59 Å². The second kappa shape index (κ2) is 6.36. The van der Waals surface area contributed by atoms with Gasteiger partial charge in [0.25, 0.3) is 0 Å². The number of carbonyl (C=O) groups excluding carboxylic acids is 2. The highest BCUT2D eigenvalue weighted by atomic mass is 16.5. The Morgan fingerprint density at radius 1 is 1.53 bits per heavy atom. The van der Waals surface area contributed by atoms with Crippen molar-refractivity contribution in [3.8, 4) is 0 Å². The minimum atomic E-state index is -0.427. The fourth-order valence-corrected chi connectivity index (χ4v) is 1.27. The van der Waals surface area contributed by atoms with Gasteiger partial charge in [-0.2, -0.15) is 0 Å². The lowest BCUT2D eigenvalue weighted by Gasteiger charge is -2.22. The molecule has 0 radical (unpaired) electrons. The minimum Gasteiger partial charge on any atom is -0.366 e. The van der Waals surface area contributed by atoms with Crippen LogP contribution in [0.15, 0.2) is 0 Å². The van der Waals surface area contributed by atoms with E-state index in [2.05, 4.69) is 16.0 Å². The number of rotatable bonds is 4. The Morgan fingerprint density at radius 3 is 2.93 bits per heavy atom. The molecule has 6 heteroatoms. The molecule has 2 amide bonds. The third-order valence-corrected chi connectivity index (χ3v) is 2.15. The molecule has 1 heterocycles. The SMILES string of the molecule is CNC(=O)CCNC(=O)C1CNCCO1. The van der Waals surface area contributed by atoms with Gasteiger partial charge in [0.05, 0.1) is 6.61 Å². The second-order valence-corrected chi connectivity index (χ2v) is 3.28. The van der Waals surface area contributed by atoms with Crippen molar-refractivity contribution in [3.63, 3.8) is 0 Å². The zero-order chi connectivity index (χ0) is 11.1. The highest BCUT2D eigenvalue weighted by Gasteiger charge is 2.20. The van der Waals surface area contributed by atoms with E-state index in [1.165, 1.54) is 0 Å². The summed E-state index contributed by atoms with van der Waals surface area (Å²) in [5.41, 5.74) is 0. The molecular formula is C9H17N3O3. The summed E-state index contributed by atoms with van der Waals surface area (Å²) in [6.07, 6.45) is -0.133. The van der Waals surface area contributed by atoms with Crippen molar-refractivity contribution in [2.75, 3.05) is 33.3 Å². The van der Waals surface area contributed by atoms with E-state index in [1.54, 1.807) is 7.05 Å². The molecule has 0 saturated carbocycles. The molecule has 86 valence electrons. The summed E-state index contributed by atoms with van der Waals surface area (Å²) < 4.78 is 5.25. The molecule has 1 rings (SSSR count). The Morgan fingerprint density at radius 2 is 2.33 bits per heavy atom. The number of ether oxygens (including phenoxy) is 1. The lowest BCUT2D eigenvalue weighted by atomic mass is 10.3. The van der Waals surface area contributed by atoms with Gasteiger partial charge < -0.3 is 20.7 Å². The van der Waals surface area contributed by atoms with Crippen molar-refractivity contribution in [2.24, 2.45) is 0 Å². The van der Waals surface area contributed by atoms with Crippen LogP contribution in [0.3, 0.4) is 0 Å². The molecule has 6 nitrogen and oxygen atoms in total. The predicted molar refractivity (Wildman–Crippen MR) is 54.3 cm³/mol. The average Bonchev–Trinajstić information content (AvgIpc) is 2.29. The third-order valence-electron chi connectivity index (χ3n) is 2.15. The van der Waals surface area contributed by atoms with E-state index in [0.29, 0.717) is 26.1 Å². The monoisotopic (exact) mass is 215 g/mol. The van der Waals surface area contributed by atoms with Gasteiger partial charge >= 0.3 is 0 Å². The maximum atomic E-state index is 11.5. The normalized spacial score (nSPS) is 20.7. The van der Waals surface area contributed by atoms with Crippen molar-refractivity contribution in [2.45, 2.75) is 12.5 Å². The quantitative estimate of drug-likeness (QED) is 0.518. The highest BCUT2D eigenvalue weighted by Crippen LogP contribution is 1.95. The number of hydrogen-bond donors (Lipinski definition) is 3. The van der Waals surface area contributed by atoms with Gasteiger partial charge in [0, 0.05) is 33.1 Å². The average molecular weight is 215 g/mol. The zero-order valence-corrected chi connectivity index (χ0v) is 8.84. The lowest BCUT2D eigenvalue weighted by Crippen LogP contribution is -2.48. The van der Waals surface area contributed by atoms with Crippen molar-refractivity contribution >= 4 is 11.8 Å². The molecule has 0 spiro atoms. The topological polar surface area (TPSA) is 79.5 Å². The van der Waals surface area contributed by atoms with Crippen LogP contribution in [0.25, 0.3) is 0 Å². The third kappa shape index (κ3) is 4.26. The maximum Gasteiger partial charge on any atom is 0.250 e. The molecule has 0 aromatic heterocycles. The van der Waals surface area contributed by atoms with Crippen molar-refractivity contribution < 1.29 is 14.3 Å². The summed E-state index contributed by atoms with van der Waals surface area (Å²) in [5.74, 6) is -0.246. The molecule has 1 atom stereocenters. The van der Waals surface area contributed by atoms with Gasteiger partial charge in [0.2, 0.25) is 11.8 Å². The van der Waals surface area contributed by atoms with E-state index in [0.717, 1.165) is 6.54 Å². The molecule has 3 N–H and O–H groups in total. The first-order chi connectivity index (χ1) is 7.24. The fraction of sp³-hybridized carbons (Fsp3) is 0.778. The first-order valence-corrected chi connectivity index (χ1v) is 5.04. The summed E-state index contributed by atoms with van der Waals surface area (Å²) in [6, 6.07) is 0. The van der Waals surface area contributed by atoms with Gasteiger partial charge in [-0.25, -0.2) is 0 Å².